The van der Waals surface area contributed by atoms with Gasteiger partial charge in [-0.1, -0.05) is 27.7 Å². The topological polar surface area (TPSA) is 69.6 Å². The van der Waals surface area contributed by atoms with Gasteiger partial charge < -0.3 is 15.5 Å². The first-order valence-electron chi connectivity index (χ1n) is 6.48. The van der Waals surface area contributed by atoms with Crippen molar-refractivity contribution in [2.45, 2.75) is 27.7 Å². The van der Waals surface area contributed by atoms with E-state index in [1.165, 1.54) is 18.2 Å². The van der Waals surface area contributed by atoms with E-state index >= 15 is 0 Å². The van der Waals surface area contributed by atoms with E-state index in [1.54, 1.807) is 0 Å². The van der Waals surface area contributed by atoms with Crippen LogP contribution in [0.2, 0.25) is 0 Å². The number of hydrogen-bond donors (Lipinski definition) is 3. The van der Waals surface area contributed by atoms with Gasteiger partial charge in [0.2, 0.25) is 0 Å². The van der Waals surface area contributed by atoms with Crippen LogP contribution in [0.15, 0.2) is 18.2 Å². The van der Waals surface area contributed by atoms with Crippen molar-refractivity contribution in [1.82, 2.24) is 5.32 Å². The molecule has 1 aromatic rings. The van der Waals surface area contributed by atoms with Crippen molar-refractivity contribution in [1.29, 1.82) is 0 Å². The van der Waals surface area contributed by atoms with Gasteiger partial charge in [-0.3, -0.25) is 4.79 Å². The van der Waals surface area contributed by atoms with Gasteiger partial charge in [0, 0.05) is 12.6 Å². The molecule has 0 saturated heterocycles. The molecule has 0 heterocycles. The predicted octanol–water partition coefficient (Wildman–Crippen LogP) is 2.51. The second-order valence-electron chi connectivity index (χ2n) is 6.41. The van der Waals surface area contributed by atoms with Crippen LogP contribution in [0.5, 0.6) is 11.5 Å². The molecule has 0 atom stereocenters. The third-order valence-electron chi connectivity index (χ3n) is 5.01. The number of rotatable bonds is 3. The number of carbonyl (C=O) groups excluding carboxylic acids is 1. The van der Waals surface area contributed by atoms with E-state index < -0.39 is 0 Å². The summed E-state index contributed by atoms with van der Waals surface area (Å²) in [4.78, 5) is 12.0. The van der Waals surface area contributed by atoms with E-state index in [9.17, 15) is 15.0 Å². The van der Waals surface area contributed by atoms with Crippen LogP contribution in [-0.2, 0) is 0 Å². The first-order valence-corrected chi connectivity index (χ1v) is 6.48. The first-order chi connectivity index (χ1) is 8.68. The Labute approximate surface area is 113 Å². The zero-order valence-electron chi connectivity index (χ0n) is 11.8. The minimum Gasteiger partial charge on any atom is -0.508 e. The summed E-state index contributed by atoms with van der Waals surface area (Å²) < 4.78 is 0. The number of amides is 1. The Hall–Kier alpha value is -1.71. The Kier molecular flexibility index (Phi) is 3.00. The number of benzene rings is 1. The lowest BCUT2D eigenvalue weighted by Crippen LogP contribution is -2.27. The molecule has 4 heteroatoms. The zero-order valence-corrected chi connectivity index (χ0v) is 11.8. The highest BCUT2D eigenvalue weighted by Gasteiger charge is 2.64. The summed E-state index contributed by atoms with van der Waals surface area (Å²) in [6, 6.07) is 3.97. The number of phenols is 2. The lowest BCUT2D eigenvalue weighted by atomic mass is 10.0. The summed E-state index contributed by atoms with van der Waals surface area (Å²) >= 11 is 0. The second kappa shape index (κ2) is 4.15. The molecule has 0 spiro atoms. The molecule has 1 amide bonds. The highest BCUT2D eigenvalue weighted by atomic mass is 16.3. The number of aromatic hydroxyl groups is 2. The Bertz CT molecular complexity index is 506. The molecular weight excluding hydrogens is 242 g/mol. The van der Waals surface area contributed by atoms with Crippen LogP contribution in [0, 0.1) is 16.7 Å². The van der Waals surface area contributed by atoms with Crippen molar-refractivity contribution in [3.05, 3.63) is 23.8 Å². The van der Waals surface area contributed by atoms with Crippen LogP contribution < -0.4 is 5.32 Å². The van der Waals surface area contributed by atoms with Crippen molar-refractivity contribution in [2.24, 2.45) is 16.7 Å². The molecule has 0 bridgehead atoms. The van der Waals surface area contributed by atoms with Gasteiger partial charge in [0.15, 0.2) is 0 Å². The predicted molar refractivity (Wildman–Crippen MR) is 73.2 cm³/mol. The summed E-state index contributed by atoms with van der Waals surface area (Å²) in [5, 5.41) is 21.7. The van der Waals surface area contributed by atoms with E-state index in [-0.39, 0.29) is 33.8 Å². The molecule has 0 aliphatic heterocycles. The largest absolute Gasteiger partial charge is 0.508 e. The minimum absolute atomic E-state index is 0.0569. The molecule has 1 aromatic carbocycles. The SMILES string of the molecule is CC1(C)C(CNC(=O)c2ccc(O)cc2O)C1(C)C. The normalized spacial score (nSPS) is 20.0. The first kappa shape index (κ1) is 13.7. The summed E-state index contributed by atoms with van der Waals surface area (Å²) in [6.45, 7) is 9.38. The maximum absolute atomic E-state index is 12.0. The lowest BCUT2D eigenvalue weighted by molar-refractivity contribution is 0.0947. The molecule has 0 unspecified atom stereocenters. The van der Waals surface area contributed by atoms with Crippen LogP contribution in [-0.4, -0.2) is 22.7 Å². The van der Waals surface area contributed by atoms with Crippen molar-refractivity contribution in [2.75, 3.05) is 6.54 Å². The molecule has 104 valence electrons. The van der Waals surface area contributed by atoms with Crippen LogP contribution in [0.3, 0.4) is 0 Å². The zero-order chi connectivity index (χ0) is 14.4. The molecule has 0 aromatic heterocycles. The van der Waals surface area contributed by atoms with Crippen LogP contribution in [0.25, 0.3) is 0 Å². The summed E-state index contributed by atoms with van der Waals surface area (Å²) in [5.74, 6) is -0.135. The molecule has 1 aliphatic rings. The molecule has 1 aliphatic carbocycles. The molecule has 3 N–H and O–H groups in total. The smallest absolute Gasteiger partial charge is 0.255 e. The molecule has 1 fully saturated rings. The van der Waals surface area contributed by atoms with E-state index in [0.717, 1.165) is 0 Å². The van der Waals surface area contributed by atoms with E-state index in [1.807, 2.05) is 0 Å². The molecular formula is C15H21NO3. The quantitative estimate of drug-likeness (QED) is 0.784. The van der Waals surface area contributed by atoms with Gasteiger partial charge >= 0.3 is 0 Å². The van der Waals surface area contributed by atoms with Crippen molar-refractivity contribution >= 4 is 5.91 Å². The van der Waals surface area contributed by atoms with Gasteiger partial charge in [-0.15, -0.1) is 0 Å². The Morgan fingerprint density at radius 1 is 1.21 bits per heavy atom. The third-order valence-corrected chi connectivity index (χ3v) is 5.01. The fraction of sp³-hybridized carbons (Fsp3) is 0.533. The third kappa shape index (κ3) is 2.15. The Morgan fingerprint density at radius 2 is 1.79 bits per heavy atom. The molecule has 1 saturated carbocycles. The number of carbonyl (C=O) groups is 1. The fourth-order valence-corrected chi connectivity index (χ4v) is 2.85. The van der Waals surface area contributed by atoms with Crippen molar-refractivity contribution in [3.8, 4) is 11.5 Å². The monoisotopic (exact) mass is 263 g/mol. The van der Waals surface area contributed by atoms with Gasteiger partial charge in [0.25, 0.3) is 5.91 Å². The molecule has 0 radical (unpaired) electrons. The Morgan fingerprint density at radius 3 is 2.26 bits per heavy atom. The number of phenolic OH excluding ortho intramolecular Hbond substituents is 2. The molecule has 4 nitrogen and oxygen atoms in total. The molecule has 2 rings (SSSR count). The molecule has 19 heavy (non-hydrogen) atoms. The highest BCUT2D eigenvalue weighted by Crippen LogP contribution is 2.67. The summed E-state index contributed by atoms with van der Waals surface area (Å²) in [5.41, 5.74) is 0.628. The van der Waals surface area contributed by atoms with Crippen LogP contribution in [0.1, 0.15) is 38.1 Å². The number of hydrogen-bond acceptors (Lipinski definition) is 3. The maximum atomic E-state index is 12.0. The van der Waals surface area contributed by atoms with Gasteiger partial charge in [0.05, 0.1) is 5.56 Å². The van der Waals surface area contributed by atoms with Gasteiger partial charge in [0.1, 0.15) is 11.5 Å². The standard InChI is InChI=1S/C15H21NO3/c1-14(2)12(15(14,3)4)8-16-13(19)10-6-5-9(17)7-11(10)18/h5-7,12,17-18H,8H2,1-4H3,(H,16,19). The summed E-state index contributed by atoms with van der Waals surface area (Å²) in [7, 11) is 0. The summed E-state index contributed by atoms with van der Waals surface area (Å²) in [6.07, 6.45) is 0. The van der Waals surface area contributed by atoms with Crippen molar-refractivity contribution in [3.63, 3.8) is 0 Å². The Balaban J connectivity index is 2.00. The average Bonchev–Trinajstić information content (AvgIpc) is 2.66. The second-order valence-corrected chi connectivity index (χ2v) is 6.41. The van der Waals surface area contributed by atoms with Crippen LogP contribution in [0.4, 0.5) is 0 Å². The van der Waals surface area contributed by atoms with E-state index in [4.69, 9.17) is 0 Å². The fourth-order valence-electron chi connectivity index (χ4n) is 2.85. The maximum Gasteiger partial charge on any atom is 0.255 e. The average molecular weight is 263 g/mol. The van der Waals surface area contributed by atoms with E-state index in [2.05, 4.69) is 33.0 Å². The van der Waals surface area contributed by atoms with E-state index in [0.29, 0.717) is 12.5 Å². The number of nitrogens with one attached hydrogen (secondary N) is 1. The van der Waals surface area contributed by atoms with Crippen LogP contribution >= 0.6 is 0 Å². The van der Waals surface area contributed by atoms with Gasteiger partial charge in [-0.05, 0) is 28.9 Å². The lowest BCUT2D eigenvalue weighted by Gasteiger charge is -2.08. The highest BCUT2D eigenvalue weighted by molar-refractivity contribution is 5.97. The van der Waals surface area contributed by atoms with Gasteiger partial charge in [-0.25, -0.2) is 0 Å². The van der Waals surface area contributed by atoms with Gasteiger partial charge in [-0.2, -0.15) is 0 Å². The minimum atomic E-state index is -0.309. The van der Waals surface area contributed by atoms with Crippen molar-refractivity contribution < 1.29 is 15.0 Å².